The van der Waals surface area contributed by atoms with Crippen molar-refractivity contribution in [2.45, 2.75) is 18.7 Å². The molecule has 0 spiro atoms. The van der Waals surface area contributed by atoms with Gasteiger partial charge in [-0.15, -0.1) is 0 Å². The molecule has 0 heterocycles. The maximum absolute atomic E-state index is 12.7. The normalized spacial score (nSPS) is 11.6. The number of nitro benzene ring substituents is 1. The van der Waals surface area contributed by atoms with Crippen molar-refractivity contribution >= 4 is 27.6 Å². The van der Waals surface area contributed by atoms with E-state index in [-0.39, 0.29) is 23.7 Å². The van der Waals surface area contributed by atoms with E-state index in [0.717, 1.165) is 6.07 Å². The Morgan fingerprint density at radius 1 is 1.06 bits per heavy atom. The predicted octanol–water partition coefficient (Wildman–Crippen LogP) is 3.10. The lowest BCUT2D eigenvalue weighted by atomic mass is 10.2. The topological polar surface area (TPSA) is 133 Å². The first-order valence-electron chi connectivity index (χ1n) is 9.61. The Balaban J connectivity index is 2.39. The highest BCUT2D eigenvalue weighted by Crippen LogP contribution is 2.39. The number of hydrazone groups is 1. The molecule has 12 heteroatoms. The summed E-state index contributed by atoms with van der Waals surface area (Å²) in [4.78, 5) is 10.7. The van der Waals surface area contributed by atoms with Gasteiger partial charge in [0, 0.05) is 24.7 Å². The molecular formula is C20H26N4O7S. The van der Waals surface area contributed by atoms with Crippen LogP contribution in [0.5, 0.6) is 17.2 Å². The molecule has 32 heavy (non-hydrogen) atoms. The van der Waals surface area contributed by atoms with Crippen LogP contribution in [0.3, 0.4) is 0 Å². The molecule has 0 radical (unpaired) electrons. The summed E-state index contributed by atoms with van der Waals surface area (Å²) >= 11 is 0. The standard InChI is InChI=1S/C20H26N4O7S/c1-6-23(7-2)32(27,28)15-9-10-16(17(12-15)24(25)26)22-21-13-14-8-11-18(29-3)20(31-5)19(14)30-4/h8-13,22H,6-7H2,1-5H3/b21-13+. The van der Waals surface area contributed by atoms with Gasteiger partial charge in [0.15, 0.2) is 11.5 Å². The molecule has 2 aromatic rings. The Hall–Kier alpha value is -3.38. The summed E-state index contributed by atoms with van der Waals surface area (Å²) in [5, 5.41) is 15.6. The summed E-state index contributed by atoms with van der Waals surface area (Å²) in [6.07, 6.45) is 1.39. The number of nitro groups is 1. The molecular weight excluding hydrogens is 440 g/mol. The van der Waals surface area contributed by atoms with E-state index < -0.39 is 20.6 Å². The number of ether oxygens (including phenoxy) is 3. The van der Waals surface area contributed by atoms with Crippen LogP contribution in [0.1, 0.15) is 19.4 Å². The molecule has 0 atom stereocenters. The van der Waals surface area contributed by atoms with Crippen LogP contribution in [-0.2, 0) is 10.0 Å². The highest BCUT2D eigenvalue weighted by Gasteiger charge is 2.25. The monoisotopic (exact) mass is 466 g/mol. The van der Waals surface area contributed by atoms with Gasteiger partial charge in [0.05, 0.1) is 37.4 Å². The summed E-state index contributed by atoms with van der Waals surface area (Å²) in [5.74, 6) is 1.21. The Kier molecular flexibility index (Phi) is 8.38. The van der Waals surface area contributed by atoms with E-state index in [9.17, 15) is 18.5 Å². The fourth-order valence-corrected chi connectivity index (χ4v) is 4.51. The maximum Gasteiger partial charge on any atom is 0.295 e. The van der Waals surface area contributed by atoms with Gasteiger partial charge in [-0.25, -0.2) is 8.42 Å². The molecule has 0 aliphatic heterocycles. The highest BCUT2D eigenvalue weighted by molar-refractivity contribution is 7.89. The van der Waals surface area contributed by atoms with Crippen molar-refractivity contribution in [1.82, 2.24) is 4.31 Å². The van der Waals surface area contributed by atoms with Crippen molar-refractivity contribution in [3.8, 4) is 17.2 Å². The minimum absolute atomic E-state index is 0.0317. The van der Waals surface area contributed by atoms with Gasteiger partial charge in [-0.3, -0.25) is 15.5 Å². The molecule has 0 aliphatic carbocycles. The van der Waals surface area contributed by atoms with Gasteiger partial charge in [0.2, 0.25) is 15.8 Å². The minimum atomic E-state index is -3.84. The smallest absolute Gasteiger partial charge is 0.295 e. The Bertz CT molecular complexity index is 1100. The zero-order chi connectivity index (χ0) is 23.9. The van der Waals surface area contributed by atoms with E-state index in [2.05, 4.69) is 10.5 Å². The quantitative estimate of drug-likeness (QED) is 0.303. The minimum Gasteiger partial charge on any atom is -0.493 e. The summed E-state index contributed by atoms with van der Waals surface area (Å²) < 4.78 is 42.5. The second-order valence-corrected chi connectivity index (χ2v) is 8.26. The van der Waals surface area contributed by atoms with E-state index in [1.165, 1.54) is 44.0 Å². The van der Waals surface area contributed by atoms with Crippen LogP contribution in [0.25, 0.3) is 0 Å². The fraction of sp³-hybridized carbons (Fsp3) is 0.350. The van der Waals surface area contributed by atoms with Crippen molar-refractivity contribution in [2.24, 2.45) is 5.10 Å². The number of methoxy groups -OCH3 is 3. The molecule has 0 aromatic heterocycles. The van der Waals surface area contributed by atoms with Crippen LogP contribution in [0.4, 0.5) is 11.4 Å². The number of benzene rings is 2. The Morgan fingerprint density at radius 3 is 2.25 bits per heavy atom. The zero-order valence-corrected chi connectivity index (χ0v) is 19.3. The van der Waals surface area contributed by atoms with E-state index >= 15 is 0 Å². The van der Waals surface area contributed by atoms with Crippen LogP contribution < -0.4 is 19.6 Å². The van der Waals surface area contributed by atoms with Crippen molar-refractivity contribution in [1.29, 1.82) is 0 Å². The van der Waals surface area contributed by atoms with E-state index in [1.807, 2.05) is 0 Å². The van der Waals surface area contributed by atoms with Gasteiger partial charge in [-0.05, 0) is 24.3 Å². The van der Waals surface area contributed by atoms with Gasteiger partial charge in [-0.2, -0.15) is 9.41 Å². The molecule has 0 saturated carbocycles. The average Bonchev–Trinajstić information content (AvgIpc) is 2.78. The first-order valence-corrected chi connectivity index (χ1v) is 11.1. The lowest BCUT2D eigenvalue weighted by Crippen LogP contribution is -2.30. The van der Waals surface area contributed by atoms with Crippen molar-refractivity contribution in [3.05, 3.63) is 46.0 Å². The summed E-state index contributed by atoms with van der Waals surface area (Å²) in [5.41, 5.74) is 2.73. The van der Waals surface area contributed by atoms with Crippen molar-refractivity contribution in [2.75, 3.05) is 39.8 Å². The number of sulfonamides is 1. The van der Waals surface area contributed by atoms with Crippen LogP contribution >= 0.6 is 0 Å². The molecule has 0 aliphatic rings. The van der Waals surface area contributed by atoms with Gasteiger partial charge in [-0.1, -0.05) is 13.8 Å². The second-order valence-electron chi connectivity index (χ2n) is 6.32. The number of hydrogen-bond acceptors (Lipinski definition) is 9. The summed E-state index contributed by atoms with van der Waals surface area (Å²) in [7, 11) is 0.585. The second kappa shape index (κ2) is 10.8. The molecule has 0 fully saturated rings. The molecule has 1 N–H and O–H groups in total. The number of nitrogens with zero attached hydrogens (tertiary/aromatic N) is 3. The largest absolute Gasteiger partial charge is 0.493 e. The molecule has 174 valence electrons. The zero-order valence-electron chi connectivity index (χ0n) is 18.5. The van der Waals surface area contributed by atoms with Crippen LogP contribution in [-0.4, -0.2) is 58.3 Å². The molecule has 2 aromatic carbocycles. The van der Waals surface area contributed by atoms with Crippen molar-refractivity contribution in [3.63, 3.8) is 0 Å². The van der Waals surface area contributed by atoms with E-state index in [1.54, 1.807) is 26.0 Å². The van der Waals surface area contributed by atoms with Gasteiger partial charge in [0.25, 0.3) is 5.69 Å². The molecule has 0 bridgehead atoms. The first-order chi connectivity index (χ1) is 15.2. The summed E-state index contributed by atoms with van der Waals surface area (Å²) in [6, 6.07) is 6.97. The molecule has 11 nitrogen and oxygen atoms in total. The lowest BCUT2D eigenvalue weighted by Gasteiger charge is -2.18. The number of nitrogens with one attached hydrogen (secondary N) is 1. The molecule has 0 unspecified atom stereocenters. The van der Waals surface area contributed by atoms with E-state index in [4.69, 9.17) is 14.2 Å². The first kappa shape index (κ1) is 24.9. The van der Waals surface area contributed by atoms with Crippen LogP contribution in [0.2, 0.25) is 0 Å². The van der Waals surface area contributed by atoms with Crippen LogP contribution in [0.15, 0.2) is 40.3 Å². The number of rotatable bonds is 11. The Labute approximate surface area is 186 Å². The van der Waals surface area contributed by atoms with Gasteiger partial charge < -0.3 is 14.2 Å². The highest BCUT2D eigenvalue weighted by atomic mass is 32.2. The summed E-state index contributed by atoms with van der Waals surface area (Å²) in [6.45, 7) is 3.90. The molecule has 0 saturated heterocycles. The van der Waals surface area contributed by atoms with Crippen molar-refractivity contribution < 1.29 is 27.6 Å². The fourth-order valence-electron chi connectivity index (χ4n) is 3.03. The van der Waals surface area contributed by atoms with E-state index in [0.29, 0.717) is 22.8 Å². The molecule has 0 amide bonds. The predicted molar refractivity (Wildman–Crippen MR) is 121 cm³/mol. The number of anilines is 1. The lowest BCUT2D eigenvalue weighted by molar-refractivity contribution is -0.384. The third-order valence-electron chi connectivity index (χ3n) is 4.63. The van der Waals surface area contributed by atoms with Crippen LogP contribution in [0, 0.1) is 10.1 Å². The third-order valence-corrected chi connectivity index (χ3v) is 6.68. The van der Waals surface area contributed by atoms with Gasteiger partial charge in [0.1, 0.15) is 5.69 Å². The maximum atomic E-state index is 12.7. The number of hydrogen-bond donors (Lipinski definition) is 1. The SMILES string of the molecule is CCN(CC)S(=O)(=O)c1ccc(N/N=C/c2ccc(OC)c(OC)c2OC)c([N+](=O)[O-])c1. The average molecular weight is 467 g/mol. The molecule has 2 rings (SSSR count). The van der Waals surface area contributed by atoms with Gasteiger partial charge >= 0.3 is 0 Å². The third kappa shape index (κ3) is 5.08. The Morgan fingerprint density at radius 2 is 1.72 bits per heavy atom.